The Labute approximate surface area is 179 Å². The van der Waals surface area contributed by atoms with Crippen molar-refractivity contribution in [2.45, 2.75) is 52.2 Å². The molecule has 0 unspecified atom stereocenters. The Morgan fingerprint density at radius 2 is 1.73 bits per heavy atom. The third kappa shape index (κ3) is 4.40. The van der Waals surface area contributed by atoms with Crippen LogP contribution in [0.25, 0.3) is 11.1 Å². The molecular formula is C27H29NO2. The summed E-state index contributed by atoms with van der Waals surface area (Å²) in [5.41, 5.74) is 7.17. The Hall–Kier alpha value is -3.07. The van der Waals surface area contributed by atoms with Gasteiger partial charge in [0.15, 0.2) is 6.10 Å². The number of hydrogen-bond donors (Lipinski definition) is 1. The van der Waals surface area contributed by atoms with Crippen molar-refractivity contribution in [1.29, 1.82) is 0 Å². The van der Waals surface area contributed by atoms with Crippen LogP contribution in [0.4, 0.5) is 0 Å². The van der Waals surface area contributed by atoms with Crippen LogP contribution in [-0.4, -0.2) is 12.0 Å². The summed E-state index contributed by atoms with van der Waals surface area (Å²) in [6.07, 6.45) is 2.60. The van der Waals surface area contributed by atoms with E-state index in [1.54, 1.807) is 0 Å². The van der Waals surface area contributed by atoms with Crippen molar-refractivity contribution in [2.75, 3.05) is 0 Å². The Morgan fingerprint density at radius 3 is 2.50 bits per heavy atom. The van der Waals surface area contributed by atoms with Crippen LogP contribution in [-0.2, 0) is 11.2 Å². The van der Waals surface area contributed by atoms with E-state index < -0.39 is 6.10 Å². The third-order valence-electron chi connectivity index (χ3n) is 5.92. The molecule has 30 heavy (non-hydrogen) atoms. The third-order valence-corrected chi connectivity index (χ3v) is 5.92. The lowest BCUT2D eigenvalue weighted by atomic mass is 9.87. The van der Waals surface area contributed by atoms with E-state index in [2.05, 4.69) is 66.8 Å². The van der Waals surface area contributed by atoms with Gasteiger partial charge in [0.05, 0.1) is 6.04 Å². The number of carbonyl (C=O) groups is 1. The lowest BCUT2D eigenvalue weighted by molar-refractivity contribution is -0.128. The van der Waals surface area contributed by atoms with Gasteiger partial charge in [-0.2, -0.15) is 0 Å². The molecule has 0 fully saturated rings. The maximum absolute atomic E-state index is 12.8. The van der Waals surface area contributed by atoms with Gasteiger partial charge >= 0.3 is 0 Å². The van der Waals surface area contributed by atoms with E-state index in [0.717, 1.165) is 36.1 Å². The molecule has 4 rings (SSSR count). The standard InChI is InChI=1S/C27H29NO2/c1-18-11-13-21(14-12-18)23-15-16-26(19(2)17-23)30-20(3)27(29)28-25-10-6-8-22-7-4-5-9-24(22)25/h4-5,7,9,11-17,20,25H,6,8,10H2,1-3H3,(H,28,29)/t20-,25-/m0/s1. The van der Waals surface area contributed by atoms with Gasteiger partial charge in [-0.3, -0.25) is 4.79 Å². The summed E-state index contributed by atoms with van der Waals surface area (Å²) < 4.78 is 6.03. The molecule has 154 valence electrons. The molecule has 0 heterocycles. The van der Waals surface area contributed by atoms with Gasteiger partial charge in [0.25, 0.3) is 5.91 Å². The molecule has 2 atom stereocenters. The Bertz CT molecular complexity index is 1040. The summed E-state index contributed by atoms with van der Waals surface area (Å²) in [7, 11) is 0. The Kier molecular flexibility index (Phi) is 5.89. The predicted octanol–water partition coefficient (Wildman–Crippen LogP) is 5.93. The molecule has 0 radical (unpaired) electrons. The Morgan fingerprint density at radius 1 is 1.00 bits per heavy atom. The molecule has 1 amide bonds. The van der Waals surface area contributed by atoms with E-state index in [9.17, 15) is 4.79 Å². The van der Waals surface area contributed by atoms with Gasteiger partial charge in [0, 0.05) is 0 Å². The van der Waals surface area contributed by atoms with Crippen LogP contribution in [0, 0.1) is 13.8 Å². The topological polar surface area (TPSA) is 38.3 Å². The van der Waals surface area contributed by atoms with Crippen molar-refractivity contribution in [2.24, 2.45) is 0 Å². The summed E-state index contributed by atoms with van der Waals surface area (Å²) in [6.45, 7) is 5.93. The van der Waals surface area contributed by atoms with Crippen LogP contribution in [0.1, 0.15) is 48.1 Å². The number of amides is 1. The highest BCUT2D eigenvalue weighted by molar-refractivity contribution is 5.81. The zero-order chi connectivity index (χ0) is 21.1. The number of nitrogens with one attached hydrogen (secondary N) is 1. The van der Waals surface area contributed by atoms with Gasteiger partial charge in [0.2, 0.25) is 0 Å². The van der Waals surface area contributed by atoms with Gasteiger partial charge in [-0.05, 0) is 80.0 Å². The molecule has 3 aromatic rings. The fourth-order valence-corrected chi connectivity index (χ4v) is 4.14. The van der Waals surface area contributed by atoms with E-state index in [4.69, 9.17) is 4.74 Å². The molecule has 0 bridgehead atoms. The van der Waals surface area contributed by atoms with Gasteiger partial charge in [-0.25, -0.2) is 0 Å². The highest BCUT2D eigenvalue weighted by atomic mass is 16.5. The highest BCUT2D eigenvalue weighted by Gasteiger charge is 2.24. The number of ether oxygens (including phenoxy) is 1. The number of fused-ring (bicyclic) bond motifs is 1. The zero-order valence-corrected chi connectivity index (χ0v) is 17.9. The minimum atomic E-state index is -0.553. The number of carbonyl (C=O) groups excluding carboxylic acids is 1. The molecule has 0 aromatic heterocycles. The fraction of sp³-hybridized carbons (Fsp3) is 0.296. The fourth-order valence-electron chi connectivity index (χ4n) is 4.14. The van der Waals surface area contributed by atoms with Crippen LogP contribution >= 0.6 is 0 Å². The van der Waals surface area contributed by atoms with Crippen LogP contribution in [0.15, 0.2) is 66.7 Å². The number of benzene rings is 3. The van der Waals surface area contributed by atoms with Crippen molar-refractivity contribution >= 4 is 5.91 Å². The molecule has 0 aliphatic heterocycles. The van der Waals surface area contributed by atoms with Crippen LogP contribution < -0.4 is 10.1 Å². The van der Waals surface area contributed by atoms with Crippen molar-refractivity contribution in [3.63, 3.8) is 0 Å². The average molecular weight is 400 g/mol. The molecule has 1 N–H and O–H groups in total. The first-order valence-corrected chi connectivity index (χ1v) is 10.7. The van der Waals surface area contributed by atoms with Gasteiger partial charge in [-0.1, -0.05) is 60.2 Å². The summed E-state index contributed by atoms with van der Waals surface area (Å²) in [6, 6.07) is 23.1. The molecule has 3 aromatic carbocycles. The van der Waals surface area contributed by atoms with Crippen molar-refractivity contribution < 1.29 is 9.53 Å². The Balaban J connectivity index is 1.43. The van der Waals surface area contributed by atoms with E-state index in [-0.39, 0.29) is 11.9 Å². The summed E-state index contributed by atoms with van der Waals surface area (Å²) >= 11 is 0. The number of rotatable bonds is 5. The van der Waals surface area contributed by atoms with Crippen molar-refractivity contribution in [1.82, 2.24) is 5.32 Å². The maximum Gasteiger partial charge on any atom is 0.261 e. The first kappa shape index (κ1) is 20.2. The average Bonchev–Trinajstić information content (AvgIpc) is 2.76. The van der Waals surface area contributed by atoms with Crippen LogP contribution in [0.5, 0.6) is 5.75 Å². The highest BCUT2D eigenvalue weighted by Crippen LogP contribution is 2.30. The summed E-state index contributed by atoms with van der Waals surface area (Å²) in [5.74, 6) is 0.677. The van der Waals surface area contributed by atoms with E-state index in [1.807, 2.05) is 26.0 Å². The lowest BCUT2D eigenvalue weighted by Gasteiger charge is -2.27. The number of aryl methyl sites for hydroxylation is 3. The predicted molar refractivity (Wildman–Crippen MR) is 122 cm³/mol. The second-order valence-electron chi connectivity index (χ2n) is 8.26. The molecule has 3 nitrogen and oxygen atoms in total. The van der Waals surface area contributed by atoms with Crippen molar-refractivity contribution in [3.05, 3.63) is 89.0 Å². The SMILES string of the molecule is Cc1ccc(-c2ccc(O[C@@H](C)C(=O)N[C@H]3CCCc4ccccc43)c(C)c2)cc1. The first-order valence-electron chi connectivity index (χ1n) is 10.7. The second kappa shape index (κ2) is 8.74. The smallest absolute Gasteiger partial charge is 0.261 e. The lowest BCUT2D eigenvalue weighted by Crippen LogP contribution is -2.39. The molecule has 0 spiro atoms. The normalized spacial score (nSPS) is 16.4. The monoisotopic (exact) mass is 399 g/mol. The quantitative estimate of drug-likeness (QED) is 0.577. The minimum Gasteiger partial charge on any atom is -0.481 e. The molecular weight excluding hydrogens is 370 g/mol. The molecule has 0 saturated carbocycles. The van der Waals surface area contributed by atoms with Gasteiger partial charge < -0.3 is 10.1 Å². The molecule has 1 aliphatic carbocycles. The second-order valence-corrected chi connectivity index (χ2v) is 8.26. The number of hydrogen-bond acceptors (Lipinski definition) is 2. The zero-order valence-electron chi connectivity index (χ0n) is 17.9. The summed E-state index contributed by atoms with van der Waals surface area (Å²) in [5, 5.41) is 3.19. The largest absolute Gasteiger partial charge is 0.481 e. The van der Waals surface area contributed by atoms with Crippen LogP contribution in [0.2, 0.25) is 0 Å². The van der Waals surface area contributed by atoms with E-state index >= 15 is 0 Å². The van der Waals surface area contributed by atoms with E-state index in [0.29, 0.717) is 0 Å². The van der Waals surface area contributed by atoms with Gasteiger partial charge in [0.1, 0.15) is 5.75 Å². The molecule has 3 heteroatoms. The van der Waals surface area contributed by atoms with Gasteiger partial charge in [-0.15, -0.1) is 0 Å². The van der Waals surface area contributed by atoms with Crippen molar-refractivity contribution in [3.8, 4) is 16.9 Å². The molecule has 1 aliphatic rings. The summed E-state index contributed by atoms with van der Waals surface area (Å²) in [4.78, 5) is 12.8. The van der Waals surface area contributed by atoms with Crippen LogP contribution in [0.3, 0.4) is 0 Å². The van der Waals surface area contributed by atoms with E-state index in [1.165, 1.54) is 22.3 Å². The first-order chi connectivity index (χ1) is 14.5. The molecule has 0 saturated heterocycles. The maximum atomic E-state index is 12.8. The minimum absolute atomic E-state index is 0.0681.